The van der Waals surface area contributed by atoms with Crippen LogP contribution in [0.25, 0.3) is 0 Å². The molecule has 110 valence electrons. The first-order valence-corrected chi connectivity index (χ1v) is 8.34. The maximum absolute atomic E-state index is 9.75. The van der Waals surface area contributed by atoms with Crippen molar-refractivity contribution >= 4 is 18.1 Å². The van der Waals surface area contributed by atoms with Crippen LogP contribution in [0.15, 0.2) is 30.3 Å². The molecule has 0 bridgehead atoms. The van der Waals surface area contributed by atoms with Crippen molar-refractivity contribution in [3.63, 3.8) is 0 Å². The zero-order valence-corrected chi connectivity index (χ0v) is 12.4. The van der Waals surface area contributed by atoms with Crippen LogP contribution < -0.4 is 0 Å². The number of hydrogen-bond donors (Lipinski definition) is 0. The number of rotatable bonds is 5. The van der Waals surface area contributed by atoms with Crippen molar-refractivity contribution in [2.75, 3.05) is 12.5 Å². The molecule has 19 heavy (non-hydrogen) atoms. The van der Waals surface area contributed by atoms with Gasteiger partial charge in [-0.1, -0.05) is 43.7 Å². The van der Waals surface area contributed by atoms with Gasteiger partial charge in [0, 0.05) is 5.56 Å². The Bertz CT molecular complexity index is 321. The van der Waals surface area contributed by atoms with Crippen molar-refractivity contribution in [2.24, 2.45) is 0 Å². The van der Waals surface area contributed by atoms with Crippen LogP contribution in [0.1, 0.15) is 37.0 Å². The summed E-state index contributed by atoms with van der Waals surface area (Å²) in [6.07, 6.45) is 8.71. The van der Waals surface area contributed by atoms with Crippen LogP contribution in [0.5, 0.6) is 0 Å². The summed E-state index contributed by atoms with van der Waals surface area (Å²) >= 11 is 0. The Morgan fingerprint density at radius 3 is 1.89 bits per heavy atom. The van der Waals surface area contributed by atoms with E-state index in [0.717, 1.165) is 5.25 Å². The van der Waals surface area contributed by atoms with E-state index in [1.54, 1.807) is 0 Å². The molecule has 1 aromatic rings. The maximum Gasteiger partial charge on any atom is 0.673 e. The lowest BCUT2D eigenvalue weighted by Crippen LogP contribution is -2.10. The molecule has 0 amide bonds. The van der Waals surface area contributed by atoms with E-state index < -0.39 is 7.25 Å². The van der Waals surface area contributed by atoms with Gasteiger partial charge in [-0.3, -0.25) is 0 Å². The first-order chi connectivity index (χ1) is 8.75. The summed E-state index contributed by atoms with van der Waals surface area (Å²) in [4.78, 5) is 0. The van der Waals surface area contributed by atoms with Gasteiger partial charge in [0.25, 0.3) is 0 Å². The van der Waals surface area contributed by atoms with Gasteiger partial charge in [0.2, 0.25) is 0 Å². The maximum atomic E-state index is 9.75. The lowest BCUT2D eigenvalue weighted by Gasteiger charge is -2.13. The molecule has 1 aromatic carbocycles. The summed E-state index contributed by atoms with van der Waals surface area (Å²) in [5.74, 6) is 0. The van der Waals surface area contributed by atoms with Crippen molar-refractivity contribution in [1.82, 2.24) is 0 Å². The van der Waals surface area contributed by atoms with Gasteiger partial charge in [0.15, 0.2) is 0 Å². The molecular weight excluding hydrogens is 275 g/mol. The van der Waals surface area contributed by atoms with Gasteiger partial charge in [-0.15, -0.1) is 0 Å². The number of benzene rings is 1. The van der Waals surface area contributed by atoms with Gasteiger partial charge < -0.3 is 17.3 Å². The molecule has 0 aromatic heterocycles. The Labute approximate surface area is 116 Å². The summed E-state index contributed by atoms with van der Waals surface area (Å²) in [6.45, 7) is 2.27. The van der Waals surface area contributed by atoms with Crippen LogP contribution in [-0.4, -0.2) is 19.8 Å². The summed E-state index contributed by atoms with van der Waals surface area (Å²) < 4.78 is 39.0. The van der Waals surface area contributed by atoms with Gasteiger partial charge in [0.05, 0.1) is 12.5 Å². The predicted octanol–water partition coefficient (Wildman–Crippen LogP) is 5.10. The highest BCUT2D eigenvalue weighted by molar-refractivity contribution is 7.95. The zero-order chi connectivity index (χ0) is 14.9. The molecule has 0 nitrogen and oxygen atoms in total. The summed E-state index contributed by atoms with van der Waals surface area (Å²) in [6, 6.07) is 11.0. The smallest absolute Gasteiger partial charge is 0.418 e. The third-order valence-electron chi connectivity index (χ3n) is 2.56. The highest BCUT2D eigenvalue weighted by atomic mass is 32.2. The van der Waals surface area contributed by atoms with E-state index in [2.05, 4.69) is 49.8 Å². The number of hydrogen-bond acceptors (Lipinski definition) is 0. The van der Waals surface area contributed by atoms with Gasteiger partial charge in [0.1, 0.15) is 5.25 Å². The van der Waals surface area contributed by atoms with Crippen molar-refractivity contribution in [1.29, 1.82) is 0 Å². The fourth-order valence-electron chi connectivity index (χ4n) is 1.73. The lowest BCUT2D eigenvalue weighted by molar-refractivity contribution is 0.368. The van der Waals surface area contributed by atoms with E-state index in [4.69, 9.17) is 0 Å². The summed E-state index contributed by atoms with van der Waals surface area (Å²) in [5, 5.41) is 0.774. The second-order valence-electron chi connectivity index (χ2n) is 4.42. The Hall–Kier alpha value is -0.645. The average Bonchev–Trinajstić information content (AvgIpc) is 2.28. The number of halogens is 4. The van der Waals surface area contributed by atoms with Gasteiger partial charge in [-0.25, -0.2) is 0 Å². The molecule has 0 aliphatic carbocycles. The highest BCUT2D eigenvalue weighted by Gasteiger charge is 2.22. The first kappa shape index (κ1) is 18.4. The van der Waals surface area contributed by atoms with Crippen LogP contribution >= 0.6 is 0 Å². The predicted molar refractivity (Wildman–Crippen MR) is 78.1 cm³/mol. The van der Waals surface area contributed by atoms with Gasteiger partial charge in [-0.05, 0) is 23.7 Å². The van der Waals surface area contributed by atoms with Crippen LogP contribution in [0, 0.1) is 0 Å². The van der Waals surface area contributed by atoms with E-state index in [9.17, 15) is 17.3 Å². The molecular formula is C13H21BF4S. The molecule has 0 fully saturated rings. The minimum atomic E-state index is -6.00. The molecule has 0 aliphatic rings. The average molecular weight is 296 g/mol. The van der Waals surface area contributed by atoms with Crippen LogP contribution in [0.4, 0.5) is 17.3 Å². The minimum absolute atomic E-state index is 0.494. The van der Waals surface area contributed by atoms with E-state index in [-0.39, 0.29) is 0 Å². The van der Waals surface area contributed by atoms with Crippen molar-refractivity contribution in [3.8, 4) is 0 Å². The molecule has 0 saturated heterocycles. The SMILES string of the molecule is CCCCC(c1ccccc1)[S+](C)C.F[B-](F)(F)F. The van der Waals surface area contributed by atoms with Gasteiger partial charge in [-0.2, -0.15) is 0 Å². The van der Waals surface area contributed by atoms with Crippen molar-refractivity contribution in [2.45, 2.75) is 31.4 Å². The van der Waals surface area contributed by atoms with E-state index in [1.807, 2.05) is 0 Å². The molecule has 0 aliphatic heterocycles. The molecule has 6 heteroatoms. The van der Waals surface area contributed by atoms with E-state index in [0.29, 0.717) is 10.9 Å². The fraction of sp³-hybridized carbons (Fsp3) is 0.538. The van der Waals surface area contributed by atoms with Crippen LogP contribution in [0.2, 0.25) is 0 Å². The molecule has 1 unspecified atom stereocenters. The first-order valence-electron chi connectivity index (χ1n) is 6.24. The van der Waals surface area contributed by atoms with E-state index in [1.165, 1.54) is 24.8 Å². The normalized spacial score (nSPS) is 12.8. The number of unbranched alkanes of at least 4 members (excludes halogenated alkanes) is 1. The molecule has 0 N–H and O–H groups in total. The Kier molecular flexibility index (Phi) is 8.97. The Morgan fingerprint density at radius 1 is 1.05 bits per heavy atom. The van der Waals surface area contributed by atoms with E-state index >= 15 is 0 Å². The quantitative estimate of drug-likeness (QED) is 0.403. The fourth-order valence-corrected chi connectivity index (χ4v) is 3.07. The monoisotopic (exact) mass is 296 g/mol. The molecule has 1 atom stereocenters. The Morgan fingerprint density at radius 2 is 1.53 bits per heavy atom. The lowest BCUT2D eigenvalue weighted by atomic mass is 10.1. The summed E-state index contributed by atoms with van der Waals surface area (Å²) in [7, 11) is -5.51. The van der Waals surface area contributed by atoms with Crippen molar-refractivity contribution < 1.29 is 17.3 Å². The van der Waals surface area contributed by atoms with Crippen LogP contribution in [-0.2, 0) is 10.9 Å². The van der Waals surface area contributed by atoms with Crippen LogP contribution in [0.3, 0.4) is 0 Å². The second kappa shape index (κ2) is 9.29. The van der Waals surface area contributed by atoms with Crippen molar-refractivity contribution in [3.05, 3.63) is 35.9 Å². The molecule has 0 spiro atoms. The minimum Gasteiger partial charge on any atom is -0.418 e. The van der Waals surface area contributed by atoms with Gasteiger partial charge >= 0.3 is 7.25 Å². The molecule has 0 heterocycles. The second-order valence-corrected chi connectivity index (χ2v) is 6.74. The largest absolute Gasteiger partial charge is 0.673 e. The Balaban J connectivity index is 0.000000555. The molecule has 0 saturated carbocycles. The third kappa shape index (κ3) is 10.9. The molecule has 0 radical (unpaired) electrons. The third-order valence-corrected chi connectivity index (χ3v) is 4.21. The topological polar surface area (TPSA) is 0 Å². The molecule has 1 rings (SSSR count). The standard InChI is InChI=1S/C13H21S.BF4/c1-4-5-11-13(14(2)3)12-9-7-6-8-10-12;2-1(3,4)5/h6-10,13H,4-5,11H2,1-3H3;/q+1;-1. The zero-order valence-electron chi connectivity index (χ0n) is 11.6. The highest BCUT2D eigenvalue weighted by Crippen LogP contribution is 2.27. The summed E-state index contributed by atoms with van der Waals surface area (Å²) in [5.41, 5.74) is 1.52.